The van der Waals surface area contributed by atoms with E-state index in [0.29, 0.717) is 54.9 Å². The molecule has 5 aromatic rings. The van der Waals surface area contributed by atoms with Gasteiger partial charge in [-0.3, -0.25) is 0 Å². The molecule has 0 atom stereocenters. The molecule has 0 amide bonds. The Kier molecular flexibility index (Phi) is 5.75. The quantitative estimate of drug-likeness (QED) is 0.240. The van der Waals surface area contributed by atoms with Crippen molar-refractivity contribution in [3.8, 4) is 23.0 Å². The van der Waals surface area contributed by atoms with Gasteiger partial charge in [0.2, 0.25) is 0 Å². The van der Waals surface area contributed by atoms with Crippen LogP contribution in [-0.2, 0) is 0 Å². The minimum Gasteiger partial charge on any atom is -0.493 e. The molecule has 0 saturated heterocycles. The maximum Gasteiger partial charge on any atom is 0.363 e. The zero-order chi connectivity index (χ0) is 25.0. The number of benzene rings is 2. The molecular weight excluding hydrogens is 516 g/mol. The van der Waals surface area contributed by atoms with Gasteiger partial charge in [0.15, 0.2) is 28.5 Å². The molecule has 0 aliphatic heterocycles. The molecule has 0 unspecified atom stereocenters. The molecule has 35 heavy (non-hydrogen) atoms. The van der Waals surface area contributed by atoms with E-state index in [2.05, 4.69) is 21.0 Å². The Morgan fingerprint density at radius 2 is 1.46 bits per heavy atom. The van der Waals surface area contributed by atoms with Gasteiger partial charge in [0, 0.05) is 27.6 Å². The van der Waals surface area contributed by atoms with E-state index in [0.717, 1.165) is 10.8 Å². The molecule has 0 radical (unpaired) electrons. The standard InChI is InChI=1S/C26H25BrN2O6/c1-12(2)33-20-7-14-11-28-29-24(15(14)8-18(20)31-5)23(27)22-16-9-19(32-6)21(34-13(3)4)10-17(16)35-26(30)25(22)29/h7-13H,1-6H3. The highest BCUT2D eigenvalue weighted by Gasteiger charge is 2.23. The summed E-state index contributed by atoms with van der Waals surface area (Å²) in [6.07, 6.45) is 1.61. The van der Waals surface area contributed by atoms with Crippen molar-refractivity contribution < 1.29 is 23.4 Å². The normalized spacial score (nSPS) is 11.9. The average Bonchev–Trinajstić information content (AvgIpc) is 3.11. The molecule has 3 aromatic heterocycles. The minimum absolute atomic E-state index is 0.0174. The van der Waals surface area contributed by atoms with E-state index in [9.17, 15) is 4.79 Å². The Balaban J connectivity index is 1.89. The summed E-state index contributed by atoms with van der Waals surface area (Å²) in [5, 5.41) is 7.63. The number of rotatable bonds is 6. The van der Waals surface area contributed by atoms with Crippen LogP contribution in [0.25, 0.3) is 38.2 Å². The molecule has 0 aliphatic rings. The zero-order valence-electron chi connectivity index (χ0n) is 20.3. The fraction of sp³-hybridized carbons (Fsp3) is 0.308. The number of aromatic nitrogens is 2. The van der Waals surface area contributed by atoms with Gasteiger partial charge in [-0.2, -0.15) is 5.10 Å². The summed E-state index contributed by atoms with van der Waals surface area (Å²) >= 11 is 3.75. The second-order valence-electron chi connectivity index (χ2n) is 8.75. The van der Waals surface area contributed by atoms with E-state index >= 15 is 0 Å². The molecule has 0 spiro atoms. The predicted molar refractivity (Wildman–Crippen MR) is 139 cm³/mol. The number of ether oxygens (including phenoxy) is 4. The molecule has 182 valence electrons. The highest BCUT2D eigenvalue weighted by molar-refractivity contribution is 9.10. The van der Waals surface area contributed by atoms with Crippen LogP contribution in [0.4, 0.5) is 0 Å². The summed E-state index contributed by atoms with van der Waals surface area (Å²) in [6.45, 7) is 7.75. The van der Waals surface area contributed by atoms with Crippen molar-refractivity contribution in [2.45, 2.75) is 39.9 Å². The Hall–Kier alpha value is -3.46. The molecule has 3 heterocycles. The number of methoxy groups -OCH3 is 2. The van der Waals surface area contributed by atoms with Crippen molar-refractivity contribution >= 4 is 54.1 Å². The van der Waals surface area contributed by atoms with Crippen LogP contribution in [0.5, 0.6) is 23.0 Å². The Bertz CT molecular complexity index is 1670. The van der Waals surface area contributed by atoms with E-state index in [-0.39, 0.29) is 12.2 Å². The first-order chi connectivity index (χ1) is 16.7. The molecule has 9 heteroatoms. The third-order valence-corrected chi connectivity index (χ3v) is 6.42. The van der Waals surface area contributed by atoms with Crippen molar-refractivity contribution in [1.82, 2.24) is 9.61 Å². The summed E-state index contributed by atoms with van der Waals surface area (Å²) in [4.78, 5) is 13.2. The first-order valence-electron chi connectivity index (χ1n) is 11.2. The lowest BCUT2D eigenvalue weighted by molar-refractivity contribution is 0.230. The van der Waals surface area contributed by atoms with Crippen LogP contribution >= 0.6 is 15.9 Å². The van der Waals surface area contributed by atoms with Gasteiger partial charge < -0.3 is 23.4 Å². The van der Waals surface area contributed by atoms with Crippen molar-refractivity contribution in [1.29, 1.82) is 0 Å². The number of halogens is 1. The molecule has 0 fully saturated rings. The van der Waals surface area contributed by atoms with Crippen molar-refractivity contribution in [2.75, 3.05) is 14.2 Å². The predicted octanol–water partition coefficient (Wildman–Crippen LogP) is 6.10. The highest BCUT2D eigenvalue weighted by atomic mass is 79.9. The number of hydrogen-bond acceptors (Lipinski definition) is 7. The van der Waals surface area contributed by atoms with E-state index in [1.54, 1.807) is 31.0 Å². The topological polar surface area (TPSA) is 84.4 Å². The van der Waals surface area contributed by atoms with Gasteiger partial charge in [-0.05, 0) is 61.8 Å². The van der Waals surface area contributed by atoms with Crippen molar-refractivity contribution in [3.05, 3.63) is 45.4 Å². The largest absolute Gasteiger partial charge is 0.493 e. The van der Waals surface area contributed by atoms with Crippen molar-refractivity contribution in [2.24, 2.45) is 0 Å². The monoisotopic (exact) mass is 540 g/mol. The van der Waals surface area contributed by atoms with Crippen LogP contribution in [0.2, 0.25) is 0 Å². The molecular formula is C26H25BrN2O6. The van der Waals surface area contributed by atoms with Crippen LogP contribution in [0.15, 0.2) is 44.1 Å². The first kappa shape index (κ1) is 23.3. The van der Waals surface area contributed by atoms with Crippen LogP contribution < -0.4 is 24.6 Å². The smallest absolute Gasteiger partial charge is 0.363 e. The Morgan fingerprint density at radius 1 is 0.857 bits per heavy atom. The number of hydrogen-bond donors (Lipinski definition) is 0. The molecule has 5 rings (SSSR count). The summed E-state index contributed by atoms with van der Waals surface area (Å²) in [6, 6.07) is 7.30. The van der Waals surface area contributed by atoms with Crippen LogP contribution in [0, 0.1) is 0 Å². The maximum absolute atomic E-state index is 13.2. The molecule has 8 nitrogen and oxygen atoms in total. The lowest BCUT2D eigenvalue weighted by Crippen LogP contribution is -2.08. The maximum atomic E-state index is 13.2. The lowest BCUT2D eigenvalue weighted by Gasteiger charge is -2.15. The van der Waals surface area contributed by atoms with Crippen molar-refractivity contribution in [3.63, 3.8) is 0 Å². The summed E-state index contributed by atoms with van der Waals surface area (Å²) in [7, 11) is 3.18. The summed E-state index contributed by atoms with van der Waals surface area (Å²) < 4.78 is 31.0. The molecule has 2 aromatic carbocycles. The van der Waals surface area contributed by atoms with Gasteiger partial charge in [0.05, 0.1) is 42.6 Å². The molecule has 0 N–H and O–H groups in total. The highest BCUT2D eigenvalue weighted by Crippen LogP contribution is 2.43. The van der Waals surface area contributed by atoms with Crippen LogP contribution in [0.3, 0.4) is 0 Å². The van der Waals surface area contributed by atoms with Gasteiger partial charge in [0.1, 0.15) is 5.58 Å². The number of fused-ring (bicyclic) bond motifs is 7. The summed E-state index contributed by atoms with van der Waals surface area (Å²) in [5.41, 5.74) is 0.924. The van der Waals surface area contributed by atoms with Gasteiger partial charge in [-0.1, -0.05) is 0 Å². The van der Waals surface area contributed by atoms with E-state index in [1.165, 1.54) is 0 Å². The third-order valence-electron chi connectivity index (χ3n) is 5.65. The van der Waals surface area contributed by atoms with Crippen LogP contribution in [-0.4, -0.2) is 36.0 Å². The average molecular weight is 541 g/mol. The van der Waals surface area contributed by atoms with Gasteiger partial charge >= 0.3 is 5.63 Å². The van der Waals surface area contributed by atoms with Gasteiger partial charge in [0.25, 0.3) is 0 Å². The zero-order valence-corrected chi connectivity index (χ0v) is 21.8. The minimum atomic E-state index is -0.507. The fourth-order valence-corrected chi connectivity index (χ4v) is 5.09. The molecule has 0 saturated carbocycles. The van der Waals surface area contributed by atoms with E-state index in [4.69, 9.17) is 23.4 Å². The van der Waals surface area contributed by atoms with Crippen LogP contribution in [0.1, 0.15) is 27.7 Å². The second-order valence-corrected chi connectivity index (χ2v) is 9.55. The Morgan fingerprint density at radius 3 is 2.06 bits per heavy atom. The van der Waals surface area contributed by atoms with E-state index < -0.39 is 5.63 Å². The second kappa shape index (κ2) is 8.64. The van der Waals surface area contributed by atoms with E-state index in [1.807, 2.05) is 45.9 Å². The summed E-state index contributed by atoms with van der Waals surface area (Å²) in [5.74, 6) is 2.26. The molecule has 0 aliphatic carbocycles. The fourth-order valence-electron chi connectivity index (χ4n) is 4.30. The lowest BCUT2D eigenvalue weighted by atomic mass is 10.1. The first-order valence-corrected chi connectivity index (χ1v) is 12.0. The number of nitrogens with zero attached hydrogens (tertiary/aromatic N) is 2. The Labute approximate surface area is 209 Å². The molecule has 0 bridgehead atoms. The SMILES string of the molecule is COc1cc2c(cnn3c2c(Br)c2c4cc(OC)c(OC(C)C)cc4oc(=O)c23)cc1OC(C)C. The third kappa shape index (κ3) is 3.74. The van der Waals surface area contributed by atoms with Gasteiger partial charge in [-0.15, -0.1) is 0 Å². The van der Waals surface area contributed by atoms with Gasteiger partial charge in [-0.25, -0.2) is 9.31 Å².